The van der Waals surface area contributed by atoms with Gasteiger partial charge in [-0.15, -0.1) is 18.0 Å². The molecule has 0 spiro atoms. The van der Waals surface area contributed by atoms with E-state index < -0.39 is 6.10 Å². The Bertz CT molecular complexity index is 294. The minimum Gasteiger partial charge on any atom is -0.395 e. The molecule has 0 radical (unpaired) electrons. The van der Waals surface area contributed by atoms with Crippen LogP contribution in [0.3, 0.4) is 0 Å². The van der Waals surface area contributed by atoms with Crippen molar-refractivity contribution in [3.63, 3.8) is 0 Å². The first kappa shape index (κ1) is 16.2. The molecule has 4 heteroatoms. The van der Waals surface area contributed by atoms with E-state index >= 15 is 0 Å². The summed E-state index contributed by atoms with van der Waals surface area (Å²) in [7, 11) is 0. The second-order valence-electron chi connectivity index (χ2n) is 3.65. The van der Waals surface area contributed by atoms with Crippen molar-refractivity contribution in [1.29, 1.82) is 0 Å². The summed E-state index contributed by atoms with van der Waals surface area (Å²) in [6, 6.07) is 0. The van der Waals surface area contributed by atoms with Crippen molar-refractivity contribution >= 4 is 11.6 Å². The molecule has 0 amide bonds. The van der Waals surface area contributed by atoms with Crippen LogP contribution in [-0.4, -0.2) is 53.3 Å². The first-order chi connectivity index (χ1) is 8.17. The van der Waals surface area contributed by atoms with Gasteiger partial charge in [-0.1, -0.05) is 18.1 Å². The predicted molar refractivity (Wildman–Crippen MR) is 72.0 cm³/mol. The smallest absolute Gasteiger partial charge is 0.0802 e. The summed E-state index contributed by atoms with van der Waals surface area (Å²) in [5.41, 5.74) is 0.963. The van der Waals surface area contributed by atoms with Crippen LogP contribution in [0.2, 0.25) is 0 Å². The van der Waals surface area contributed by atoms with Gasteiger partial charge in [0.25, 0.3) is 0 Å². The van der Waals surface area contributed by atoms with Crippen LogP contribution >= 0.6 is 11.6 Å². The van der Waals surface area contributed by atoms with E-state index in [1.807, 2.05) is 24.0 Å². The minimum absolute atomic E-state index is 0.0359. The van der Waals surface area contributed by atoms with Crippen LogP contribution in [0.1, 0.15) is 6.92 Å². The van der Waals surface area contributed by atoms with Crippen LogP contribution in [0.4, 0.5) is 0 Å². The summed E-state index contributed by atoms with van der Waals surface area (Å²) in [6.07, 6.45) is 10.1. The molecule has 0 saturated heterocycles. The average molecular weight is 258 g/mol. The molecule has 0 saturated carbocycles. The summed E-state index contributed by atoms with van der Waals surface area (Å²) in [6.45, 7) is 3.43. The van der Waals surface area contributed by atoms with Gasteiger partial charge in [0.1, 0.15) is 0 Å². The lowest BCUT2D eigenvalue weighted by molar-refractivity contribution is 0.120. The number of rotatable bonds is 8. The van der Waals surface area contributed by atoms with E-state index in [0.717, 1.165) is 5.57 Å². The molecule has 0 rings (SSSR count). The molecule has 2 N–H and O–H groups in total. The summed E-state index contributed by atoms with van der Waals surface area (Å²) in [5.74, 6) is 2.66. The zero-order chi connectivity index (χ0) is 13.1. The SMILES string of the molecule is C#C/C=C(\C=C/C)CN(CCO)C[C@H](O)CCl. The number of alkyl halides is 1. The van der Waals surface area contributed by atoms with Gasteiger partial charge in [0.05, 0.1) is 12.7 Å². The molecular weight excluding hydrogens is 238 g/mol. The second-order valence-corrected chi connectivity index (χ2v) is 3.96. The summed E-state index contributed by atoms with van der Waals surface area (Å²) < 4.78 is 0. The zero-order valence-corrected chi connectivity index (χ0v) is 10.9. The van der Waals surface area contributed by atoms with Crippen molar-refractivity contribution in [2.75, 3.05) is 32.1 Å². The van der Waals surface area contributed by atoms with Gasteiger partial charge in [-0.05, 0) is 18.6 Å². The van der Waals surface area contributed by atoms with Gasteiger partial charge < -0.3 is 10.2 Å². The topological polar surface area (TPSA) is 43.7 Å². The molecule has 0 aliphatic rings. The first-order valence-corrected chi connectivity index (χ1v) is 6.06. The standard InChI is InChI=1S/C13H20ClNO2/c1-3-5-12(6-4-2)10-15(7-8-16)11-13(17)9-14/h1,4-6,13,16-17H,7-11H2,2H3/b6-4-,12-5+/t13-/m1/s1. The average Bonchev–Trinajstić information content (AvgIpc) is 2.29. The molecule has 0 aliphatic carbocycles. The van der Waals surface area contributed by atoms with Gasteiger partial charge in [0, 0.05) is 25.5 Å². The van der Waals surface area contributed by atoms with Crippen LogP contribution in [-0.2, 0) is 0 Å². The number of aliphatic hydroxyl groups is 2. The van der Waals surface area contributed by atoms with Crippen LogP contribution < -0.4 is 0 Å². The van der Waals surface area contributed by atoms with E-state index in [1.165, 1.54) is 0 Å². The highest BCUT2D eigenvalue weighted by molar-refractivity contribution is 6.18. The van der Waals surface area contributed by atoms with Crippen molar-refractivity contribution in [2.24, 2.45) is 0 Å². The molecule has 0 aromatic heterocycles. The molecule has 17 heavy (non-hydrogen) atoms. The normalized spacial score (nSPS) is 14.2. The number of hydrogen-bond acceptors (Lipinski definition) is 3. The third-order valence-electron chi connectivity index (χ3n) is 2.12. The summed E-state index contributed by atoms with van der Waals surface area (Å²) in [5, 5.41) is 18.5. The van der Waals surface area contributed by atoms with Crippen molar-refractivity contribution in [3.05, 3.63) is 23.8 Å². The lowest BCUT2D eigenvalue weighted by atomic mass is 10.2. The molecule has 0 unspecified atom stereocenters. The van der Waals surface area contributed by atoms with E-state index in [1.54, 1.807) is 6.08 Å². The number of aliphatic hydroxyl groups excluding tert-OH is 2. The molecule has 3 nitrogen and oxygen atoms in total. The molecule has 0 aromatic carbocycles. The van der Waals surface area contributed by atoms with Crippen LogP contribution in [0.5, 0.6) is 0 Å². The quantitative estimate of drug-likeness (QED) is 0.388. The van der Waals surface area contributed by atoms with E-state index in [-0.39, 0.29) is 12.5 Å². The van der Waals surface area contributed by atoms with E-state index in [9.17, 15) is 5.11 Å². The van der Waals surface area contributed by atoms with Gasteiger partial charge >= 0.3 is 0 Å². The highest BCUT2D eigenvalue weighted by Crippen LogP contribution is 2.03. The van der Waals surface area contributed by atoms with Gasteiger partial charge in [-0.3, -0.25) is 4.90 Å². The fourth-order valence-corrected chi connectivity index (χ4v) is 1.55. The summed E-state index contributed by atoms with van der Waals surface area (Å²) >= 11 is 5.55. The van der Waals surface area contributed by atoms with Gasteiger partial charge in [-0.2, -0.15) is 0 Å². The van der Waals surface area contributed by atoms with Crippen molar-refractivity contribution < 1.29 is 10.2 Å². The highest BCUT2D eigenvalue weighted by Gasteiger charge is 2.11. The highest BCUT2D eigenvalue weighted by atomic mass is 35.5. The monoisotopic (exact) mass is 257 g/mol. The Balaban J connectivity index is 4.50. The minimum atomic E-state index is -0.596. The third-order valence-corrected chi connectivity index (χ3v) is 2.48. The van der Waals surface area contributed by atoms with Crippen molar-refractivity contribution in [2.45, 2.75) is 13.0 Å². The number of halogens is 1. The maximum atomic E-state index is 9.49. The maximum Gasteiger partial charge on any atom is 0.0802 e. The van der Waals surface area contributed by atoms with Gasteiger partial charge in [-0.25, -0.2) is 0 Å². The number of terminal acetylenes is 1. The largest absolute Gasteiger partial charge is 0.395 e. The molecule has 0 fully saturated rings. The van der Waals surface area contributed by atoms with Crippen molar-refractivity contribution in [3.8, 4) is 12.3 Å². The Morgan fingerprint density at radius 3 is 2.76 bits per heavy atom. The molecule has 0 heterocycles. The first-order valence-electron chi connectivity index (χ1n) is 5.53. The Morgan fingerprint density at radius 2 is 2.29 bits per heavy atom. The fraction of sp³-hybridized carbons (Fsp3) is 0.538. The Labute approximate surface area is 108 Å². The van der Waals surface area contributed by atoms with Crippen LogP contribution in [0, 0.1) is 12.3 Å². The fourth-order valence-electron chi connectivity index (χ4n) is 1.45. The lowest BCUT2D eigenvalue weighted by Gasteiger charge is -2.23. The molecule has 0 aliphatic heterocycles. The second kappa shape index (κ2) is 10.4. The third kappa shape index (κ3) is 8.00. The predicted octanol–water partition coefficient (Wildman–Crippen LogP) is 1.02. The van der Waals surface area contributed by atoms with Gasteiger partial charge in [0.2, 0.25) is 0 Å². The molecule has 0 bridgehead atoms. The van der Waals surface area contributed by atoms with Crippen molar-refractivity contribution in [1.82, 2.24) is 4.90 Å². The zero-order valence-electron chi connectivity index (χ0n) is 10.1. The Morgan fingerprint density at radius 1 is 1.59 bits per heavy atom. The van der Waals surface area contributed by atoms with E-state index in [4.69, 9.17) is 23.1 Å². The Kier molecular flexibility index (Phi) is 9.89. The lowest BCUT2D eigenvalue weighted by Crippen LogP contribution is -2.36. The number of hydrogen-bond donors (Lipinski definition) is 2. The summed E-state index contributed by atoms with van der Waals surface area (Å²) in [4.78, 5) is 1.91. The molecule has 0 aromatic rings. The van der Waals surface area contributed by atoms with Gasteiger partial charge in [0.15, 0.2) is 0 Å². The number of nitrogens with zero attached hydrogens (tertiary/aromatic N) is 1. The molecule has 96 valence electrons. The Hall–Kier alpha value is -0.790. The number of allylic oxidation sites excluding steroid dienone is 2. The van der Waals surface area contributed by atoms with Crippen LogP contribution in [0.25, 0.3) is 0 Å². The van der Waals surface area contributed by atoms with E-state index in [0.29, 0.717) is 19.6 Å². The molecule has 1 atom stereocenters. The van der Waals surface area contributed by atoms with Crippen LogP contribution in [0.15, 0.2) is 23.8 Å². The van der Waals surface area contributed by atoms with E-state index in [2.05, 4.69) is 5.92 Å². The molecular formula is C13H20ClNO2. The maximum absolute atomic E-state index is 9.49.